The van der Waals surface area contributed by atoms with E-state index in [0.29, 0.717) is 0 Å². The molecule has 0 saturated carbocycles. The van der Waals surface area contributed by atoms with Gasteiger partial charge in [0.05, 0.1) is 5.56 Å². The van der Waals surface area contributed by atoms with Crippen LogP contribution in [0.1, 0.15) is 16.8 Å². The molecule has 3 nitrogen and oxygen atoms in total. The maximum atomic E-state index is 13.2. The Kier molecular flexibility index (Phi) is 3.36. The molecular formula is C9H5ClF2O3. The number of carboxylic acid groups (broad SMARTS) is 1. The molecule has 1 aromatic rings. The van der Waals surface area contributed by atoms with Gasteiger partial charge in [-0.1, -0.05) is 11.6 Å². The highest BCUT2D eigenvalue weighted by Gasteiger charge is 2.19. The third kappa shape index (κ3) is 2.50. The quantitative estimate of drug-likeness (QED) is 0.496. The minimum Gasteiger partial charge on any atom is -0.481 e. The number of halogens is 3. The zero-order chi connectivity index (χ0) is 11.6. The van der Waals surface area contributed by atoms with Gasteiger partial charge in [-0.15, -0.1) is 0 Å². The van der Waals surface area contributed by atoms with Crippen molar-refractivity contribution < 1.29 is 23.5 Å². The van der Waals surface area contributed by atoms with Crippen molar-refractivity contribution in [2.24, 2.45) is 0 Å². The van der Waals surface area contributed by atoms with E-state index >= 15 is 0 Å². The van der Waals surface area contributed by atoms with Gasteiger partial charge in [-0.2, -0.15) is 0 Å². The zero-order valence-corrected chi connectivity index (χ0v) is 8.02. The fourth-order valence-electron chi connectivity index (χ4n) is 0.974. The lowest BCUT2D eigenvalue weighted by molar-refractivity contribution is -0.135. The molecule has 15 heavy (non-hydrogen) atoms. The molecule has 80 valence electrons. The Bertz CT molecular complexity index is 432. The van der Waals surface area contributed by atoms with Gasteiger partial charge in [0.1, 0.15) is 17.3 Å². The fourth-order valence-corrected chi connectivity index (χ4v) is 1.14. The molecule has 0 unspecified atom stereocenters. The molecule has 0 aliphatic rings. The summed E-state index contributed by atoms with van der Waals surface area (Å²) in [5.74, 6) is -4.58. The van der Waals surface area contributed by atoms with Gasteiger partial charge in [0.2, 0.25) is 0 Å². The molecule has 0 saturated heterocycles. The van der Waals surface area contributed by atoms with Crippen molar-refractivity contribution in [3.8, 4) is 0 Å². The Balaban J connectivity index is 3.11. The molecule has 6 heteroatoms. The molecule has 1 aromatic carbocycles. The van der Waals surface area contributed by atoms with Crippen LogP contribution in [0.15, 0.2) is 12.1 Å². The van der Waals surface area contributed by atoms with E-state index in [1.807, 2.05) is 0 Å². The average molecular weight is 235 g/mol. The largest absolute Gasteiger partial charge is 0.481 e. The van der Waals surface area contributed by atoms with E-state index in [4.69, 9.17) is 16.7 Å². The van der Waals surface area contributed by atoms with Crippen LogP contribution in [0.5, 0.6) is 0 Å². The van der Waals surface area contributed by atoms with Gasteiger partial charge in [-0.3, -0.25) is 9.59 Å². The van der Waals surface area contributed by atoms with Crippen LogP contribution in [-0.4, -0.2) is 16.9 Å². The number of benzene rings is 1. The van der Waals surface area contributed by atoms with Crippen LogP contribution in [0.4, 0.5) is 8.78 Å². The molecule has 0 aliphatic carbocycles. The Morgan fingerprint density at radius 1 is 1.33 bits per heavy atom. The number of ketones is 1. The zero-order valence-electron chi connectivity index (χ0n) is 7.26. The summed E-state index contributed by atoms with van der Waals surface area (Å²) in [6.07, 6.45) is -0.862. The van der Waals surface area contributed by atoms with Gasteiger partial charge < -0.3 is 5.11 Å². The predicted octanol–water partition coefficient (Wildman–Crippen LogP) is 2.28. The summed E-state index contributed by atoms with van der Waals surface area (Å²) in [5, 5.41) is 7.50. The van der Waals surface area contributed by atoms with E-state index in [1.54, 1.807) is 0 Å². The highest BCUT2D eigenvalue weighted by molar-refractivity contribution is 6.31. The van der Waals surface area contributed by atoms with E-state index in [0.717, 1.165) is 12.1 Å². The molecule has 0 atom stereocenters. The lowest BCUT2D eigenvalue weighted by atomic mass is 10.1. The molecule has 0 spiro atoms. The molecule has 0 aliphatic heterocycles. The number of carbonyl (C=O) groups excluding carboxylic acids is 1. The van der Waals surface area contributed by atoms with Crippen LogP contribution < -0.4 is 0 Å². The fraction of sp³-hybridized carbons (Fsp3) is 0.111. The minimum absolute atomic E-state index is 0.524. The van der Waals surface area contributed by atoms with Gasteiger partial charge in [0, 0.05) is 0 Å². The first kappa shape index (κ1) is 11.6. The number of carbonyl (C=O) groups is 2. The molecule has 0 radical (unpaired) electrons. The maximum Gasteiger partial charge on any atom is 0.311 e. The van der Waals surface area contributed by atoms with Gasteiger partial charge >= 0.3 is 5.97 Å². The molecule has 0 amide bonds. The van der Waals surface area contributed by atoms with Crippen LogP contribution >= 0.6 is 11.6 Å². The molecule has 0 bridgehead atoms. The van der Waals surface area contributed by atoms with Crippen LogP contribution in [-0.2, 0) is 4.79 Å². The second-order valence-corrected chi connectivity index (χ2v) is 3.09. The molecule has 0 fully saturated rings. The summed E-state index contributed by atoms with van der Waals surface area (Å²) >= 11 is 5.21. The Labute approximate surface area is 88.3 Å². The number of aliphatic carboxylic acids is 1. The molecule has 0 aromatic heterocycles. The van der Waals surface area contributed by atoms with Crippen molar-refractivity contribution in [3.63, 3.8) is 0 Å². The second kappa shape index (κ2) is 4.35. The number of hydrogen-bond donors (Lipinski definition) is 1. The standard InChI is InChI=1S/C9H5ClF2O3/c10-8-5(11)2-1-4(9(8)12)6(13)3-7(14)15/h1-2H,3H2,(H,14,15). The van der Waals surface area contributed by atoms with E-state index in [1.165, 1.54) is 0 Å². The number of carboxylic acids is 1. The van der Waals surface area contributed by atoms with Crippen LogP contribution in [0.3, 0.4) is 0 Å². The first-order valence-electron chi connectivity index (χ1n) is 3.82. The highest BCUT2D eigenvalue weighted by Crippen LogP contribution is 2.22. The second-order valence-electron chi connectivity index (χ2n) is 2.72. The summed E-state index contributed by atoms with van der Waals surface area (Å²) in [6, 6.07) is 1.67. The third-order valence-corrected chi connectivity index (χ3v) is 1.99. The predicted molar refractivity (Wildman–Crippen MR) is 48.0 cm³/mol. The topological polar surface area (TPSA) is 54.4 Å². The van der Waals surface area contributed by atoms with Crippen molar-refractivity contribution in [2.75, 3.05) is 0 Å². The van der Waals surface area contributed by atoms with Crippen molar-refractivity contribution in [3.05, 3.63) is 34.4 Å². The Morgan fingerprint density at radius 2 is 1.93 bits per heavy atom. The molecule has 1 N–H and O–H groups in total. The monoisotopic (exact) mass is 234 g/mol. The number of rotatable bonds is 3. The van der Waals surface area contributed by atoms with Gasteiger partial charge in [0.15, 0.2) is 11.6 Å². The SMILES string of the molecule is O=C(O)CC(=O)c1ccc(F)c(Cl)c1F. The average Bonchev–Trinajstić information content (AvgIpc) is 2.13. The lowest BCUT2D eigenvalue weighted by Crippen LogP contribution is -2.09. The number of hydrogen-bond acceptors (Lipinski definition) is 2. The van der Waals surface area contributed by atoms with Crippen molar-refractivity contribution >= 4 is 23.4 Å². The van der Waals surface area contributed by atoms with Crippen molar-refractivity contribution in [1.82, 2.24) is 0 Å². The van der Waals surface area contributed by atoms with E-state index in [-0.39, 0.29) is 0 Å². The summed E-state index contributed by atoms with van der Waals surface area (Å²) in [5.41, 5.74) is -0.524. The van der Waals surface area contributed by atoms with Crippen LogP contribution in [0, 0.1) is 11.6 Å². The summed E-state index contributed by atoms with van der Waals surface area (Å²) in [6.45, 7) is 0. The van der Waals surface area contributed by atoms with Crippen LogP contribution in [0.25, 0.3) is 0 Å². The Morgan fingerprint density at radius 3 is 2.47 bits per heavy atom. The third-order valence-electron chi connectivity index (χ3n) is 1.65. The van der Waals surface area contributed by atoms with E-state index < -0.39 is 40.4 Å². The van der Waals surface area contributed by atoms with Gasteiger partial charge in [-0.25, -0.2) is 8.78 Å². The summed E-state index contributed by atoms with van der Waals surface area (Å²) in [4.78, 5) is 21.3. The lowest BCUT2D eigenvalue weighted by Gasteiger charge is -2.02. The highest BCUT2D eigenvalue weighted by atomic mass is 35.5. The number of Topliss-reactive ketones (excluding diaryl/α,β-unsaturated/α-hetero) is 1. The van der Waals surface area contributed by atoms with E-state index in [2.05, 4.69) is 0 Å². The smallest absolute Gasteiger partial charge is 0.311 e. The first-order chi connectivity index (χ1) is 6.93. The van der Waals surface area contributed by atoms with Crippen molar-refractivity contribution in [1.29, 1.82) is 0 Å². The van der Waals surface area contributed by atoms with Gasteiger partial charge in [-0.05, 0) is 12.1 Å². The summed E-state index contributed by atoms with van der Waals surface area (Å²) in [7, 11) is 0. The molecular weight excluding hydrogens is 230 g/mol. The molecule has 0 heterocycles. The normalized spacial score (nSPS) is 10.1. The van der Waals surface area contributed by atoms with E-state index in [9.17, 15) is 18.4 Å². The van der Waals surface area contributed by atoms with Crippen molar-refractivity contribution in [2.45, 2.75) is 6.42 Å². The minimum atomic E-state index is -1.39. The van der Waals surface area contributed by atoms with Gasteiger partial charge in [0.25, 0.3) is 0 Å². The molecule has 1 rings (SSSR count). The maximum absolute atomic E-state index is 13.2. The summed E-state index contributed by atoms with van der Waals surface area (Å²) < 4.78 is 25.9. The Hall–Kier alpha value is -1.49. The van der Waals surface area contributed by atoms with Crippen LogP contribution in [0.2, 0.25) is 5.02 Å². The first-order valence-corrected chi connectivity index (χ1v) is 4.19.